The van der Waals surface area contributed by atoms with Crippen molar-refractivity contribution in [1.82, 2.24) is 19.7 Å². The van der Waals surface area contributed by atoms with Crippen molar-refractivity contribution >= 4 is 17.0 Å². The molecule has 0 saturated heterocycles. The van der Waals surface area contributed by atoms with Crippen molar-refractivity contribution in [3.05, 3.63) is 59.4 Å². The first kappa shape index (κ1) is 17.6. The third kappa shape index (κ3) is 3.08. The molecule has 1 saturated carbocycles. The highest BCUT2D eigenvalue weighted by Crippen LogP contribution is 2.36. The lowest BCUT2D eigenvalue weighted by atomic mass is 10.1. The Kier molecular flexibility index (Phi) is 3.97. The number of pyridine rings is 2. The van der Waals surface area contributed by atoms with Crippen LogP contribution in [0.4, 0.5) is 0 Å². The van der Waals surface area contributed by atoms with E-state index in [2.05, 4.69) is 22.4 Å². The third-order valence-corrected chi connectivity index (χ3v) is 5.49. The molecule has 4 aromatic rings. The minimum absolute atomic E-state index is 0.165. The van der Waals surface area contributed by atoms with Crippen LogP contribution in [0.25, 0.3) is 28.0 Å². The molecule has 0 aromatic carbocycles. The number of aryl methyl sites for hydroxylation is 2. The van der Waals surface area contributed by atoms with Crippen LogP contribution in [-0.4, -0.2) is 30.8 Å². The second-order valence-corrected chi connectivity index (χ2v) is 7.67. The van der Waals surface area contributed by atoms with Gasteiger partial charge in [0.2, 0.25) is 0 Å². The van der Waals surface area contributed by atoms with Crippen LogP contribution >= 0.6 is 0 Å². The van der Waals surface area contributed by atoms with Crippen LogP contribution in [0.1, 0.15) is 40.2 Å². The zero-order valence-corrected chi connectivity index (χ0v) is 16.2. The standard InChI is InChI=1S/C22H20N4O3/c1-12-20(13(2)29-25-12)16-8-18-21(24-10-16)17(7-14-3-4-14)11-26(18)19-6-5-15(9-23-19)22(27)28/h5-6,8-11,14H,3-4,7H2,1-2H3,(H,27,28). The van der Waals surface area contributed by atoms with Crippen LogP contribution in [-0.2, 0) is 6.42 Å². The Morgan fingerprint density at radius 1 is 1.24 bits per heavy atom. The van der Waals surface area contributed by atoms with E-state index in [-0.39, 0.29) is 5.56 Å². The number of hydrogen-bond donors (Lipinski definition) is 1. The first-order chi connectivity index (χ1) is 14.0. The molecular weight excluding hydrogens is 368 g/mol. The topological polar surface area (TPSA) is 94.0 Å². The molecule has 1 aliphatic rings. The van der Waals surface area contributed by atoms with Crippen LogP contribution in [0, 0.1) is 19.8 Å². The van der Waals surface area contributed by atoms with E-state index in [4.69, 9.17) is 14.6 Å². The van der Waals surface area contributed by atoms with Gasteiger partial charge in [0.25, 0.3) is 0 Å². The molecule has 4 aromatic heterocycles. The number of aromatic carboxylic acids is 1. The summed E-state index contributed by atoms with van der Waals surface area (Å²) in [6, 6.07) is 5.38. The van der Waals surface area contributed by atoms with Gasteiger partial charge in [-0.2, -0.15) is 0 Å². The number of nitrogens with zero attached hydrogens (tertiary/aromatic N) is 4. The van der Waals surface area contributed by atoms with Gasteiger partial charge in [-0.25, -0.2) is 9.78 Å². The second-order valence-electron chi connectivity index (χ2n) is 7.67. The van der Waals surface area contributed by atoms with Crippen molar-refractivity contribution in [3.8, 4) is 16.9 Å². The molecule has 7 nitrogen and oxygen atoms in total. The minimum Gasteiger partial charge on any atom is -0.478 e. The fourth-order valence-corrected chi connectivity index (χ4v) is 3.83. The van der Waals surface area contributed by atoms with Gasteiger partial charge in [0.15, 0.2) is 0 Å². The molecule has 0 aliphatic heterocycles. The van der Waals surface area contributed by atoms with Crippen molar-refractivity contribution in [2.24, 2.45) is 5.92 Å². The smallest absolute Gasteiger partial charge is 0.337 e. The van der Waals surface area contributed by atoms with Gasteiger partial charge in [-0.3, -0.25) is 9.55 Å². The average molecular weight is 388 g/mol. The monoisotopic (exact) mass is 388 g/mol. The molecular formula is C22H20N4O3. The summed E-state index contributed by atoms with van der Waals surface area (Å²) in [5.41, 5.74) is 5.96. The van der Waals surface area contributed by atoms with Crippen molar-refractivity contribution in [1.29, 1.82) is 0 Å². The molecule has 0 radical (unpaired) electrons. The number of carbonyl (C=O) groups is 1. The summed E-state index contributed by atoms with van der Waals surface area (Å²) in [7, 11) is 0. The number of carboxylic acids is 1. The molecule has 1 fully saturated rings. The van der Waals surface area contributed by atoms with E-state index in [9.17, 15) is 4.79 Å². The molecule has 5 rings (SSSR count). The van der Waals surface area contributed by atoms with Gasteiger partial charge in [-0.15, -0.1) is 0 Å². The molecule has 1 aliphatic carbocycles. The fraction of sp³-hybridized carbons (Fsp3) is 0.273. The molecule has 0 unspecified atom stereocenters. The lowest BCUT2D eigenvalue weighted by Crippen LogP contribution is -2.01. The third-order valence-electron chi connectivity index (χ3n) is 5.49. The highest BCUT2D eigenvalue weighted by Gasteiger charge is 2.25. The zero-order chi connectivity index (χ0) is 20.1. The van der Waals surface area contributed by atoms with Gasteiger partial charge in [0.1, 0.15) is 11.6 Å². The van der Waals surface area contributed by atoms with Gasteiger partial charge in [-0.1, -0.05) is 5.16 Å². The van der Waals surface area contributed by atoms with Gasteiger partial charge in [0.05, 0.1) is 22.3 Å². The molecule has 1 N–H and O–H groups in total. The SMILES string of the molecule is Cc1noc(C)c1-c1cnc2c(CC3CC3)cn(-c3ccc(C(=O)O)cn3)c2c1. The summed E-state index contributed by atoms with van der Waals surface area (Å²) < 4.78 is 7.32. The maximum atomic E-state index is 11.2. The first-order valence-corrected chi connectivity index (χ1v) is 9.64. The molecule has 0 amide bonds. The first-order valence-electron chi connectivity index (χ1n) is 9.64. The van der Waals surface area contributed by atoms with Gasteiger partial charge in [0, 0.05) is 29.7 Å². The van der Waals surface area contributed by atoms with E-state index in [1.807, 2.05) is 24.6 Å². The second kappa shape index (κ2) is 6.55. The van der Waals surface area contributed by atoms with Crippen LogP contribution < -0.4 is 0 Å². The predicted molar refractivity (Wildman–Crippen MR) is 107 cm³/mol. The molecule has 4 heterocycles. The largest absolute Gasteiger partial charge is 0.478 e. The highest BCUT2D eigenvalue weighted by atomic mass is 16.5. The van der Waals surface area contributed by atoms with E-state index in [0.29, 0.717) is 5.82 Å². The Morgan fingerprint density at radius 3 is 2.69 bits per heavy atom. The van der Waals surface area contributed by atoms with Crippen LogP contribution in [0.2, 0.25) is 0 Å². The van der Waals surface area contributed by atoms with Crippen molar-refractivity contribution in [2.75, 3.05) is 0 Å². The minimum atomic E-state index is -0.988. The Hall–Kier alpha value is -3.48. The van der Waals surface area contributed by atoms with Crippen LogP contribution in [0.5, 0.6) is 0 Å². The predicted octanol–water partition coefficient (Wildman–Crippen LogP) is 4.34. The van der Waals surface area contributed by atoms with Crippen molar-refractivity contribution < 1.29 is 14.4 Å². The quantitative estimate of drug-likeness (QED) is 0.546. The van der Waals surface area contributed by atoms with Gasteiger partial charge >= 0.3 is 5.97 Å². The Bertz CT molecular complexity index is 1210. The fourth-order valence-electron chi connectivity index (χ4n) is 3.83. The van der Waals surface area contributed by atoms with E-state index in [1.165, 1.54) is 24.6 Å². The normalized spacial score (nSPS) is 13.9. The van der Waals surface area contributed by atoms with E-state index in [1.54, 1.807) is 12.1 Å². The summed E-state index contributed by atoms with van der Waals surface area (Å²) >= 11 is 0. The van der Waals surface area contributed by atoms with Crippen LogP contribution in [0.15, 0.2) is 41.3 Å². The summed E-state index contributed by atoms with van der Waals surface area (Å²) in [6.45, 7) is 3.81. The van der Waals surface area contributed by atoms with E-state index >= 15 is 0 Å². The summed E-state index contributed by atoms with van der Waals surface area (Å²) in [5, 5.41) is 13.2. The molecule has 7 heteroatoms. The van der Waals surface area contributed by atoms with Crippen molar-refractivity contribution in [2.45, 2.75) is 33.1 Å². The van der Waals surface area contributed by atoms with Crippen LogP contribution in [0.3, 0.4) is 0 Å². The van der Waals surface area contributed by atoms with E-state index in [0.717, 1.165) is 46.0 Å². The lowest BCUT2D eigenvalue weighted by Gasteiger charge is -2.06. The molecule has 146 valence electrons. The van der Waals surface area contributed by atoms with Crippen molar-refractivity contribution in [3.63, 3.8) is 0 Å². The molecule has 0 atom stereocenters. The average Bonchev–Trinajstić information content (AvgIpc) is 3.38. The zero-order valence-electron chi connectivity index (χ0n) is 16.2. The number of rotatable bonds is 5. The summed E-state index contributed by atoms with van der Waals surface area (Å²) in [4.78, 5) is 20.3. The Morgan fingerprint density at radius 2 is 2.07 bits per heavy atom. The number of aromatic nitrogens is 4. The van der Waals surface area contributed by atoms with Gasteiger partial charge in [-0.05, 0) is 62.8 Å². The highest BCUT2D eigenvalue weighted by molar-refractivity contribution is 5.88. The molecule has 0 bridgehead atoms. The van der Waals surface area contributed by atoms with E-state index < -0.39 is 5.97 Å². The summed E-state index contributed by atoms with van der Waals surface area (Å²) in [5.74, 6) is 1.15. The number of fused-ring (bicyclic) bond motifs is 1. The Labute approximate surface area is 167 Å². The Balaban J connectivity index is 1.68. The number of hydrogen-bond acceptors (Lipinski definition) is 5. The molecule has 0 spiro atoms. The molecule has 29 heavy (non-hydrogen) atoms. The maximum absolute atomic E-state index is 11.2. The lowest BCUT2D eigenvalue weighted by molar-refractivity contribution is 0.0696. The summed E-state index contributed by atoms with van der Waals surface area (Å²) in [6.07, 6.45) is 8.85. The number of carboxylic acid groups (broad SMARTS) is 1. The maximum Gasteiger partial charge on any atom is 0.337 e. The van der Waals surface area contributed by atoms with Gasteiger partial charge < -0.3 is 9.63 Å².